The van der Waals surface area contributed by atoms with Crippen molar-refractivity contribution in [2.75, 3.05) is 24.8 Å². The molecule has 0 aliphatic carbocycles. The van der Waals surface area contributed by atoms with Crippen LogP contribution in [0.2, 0.25) is 0 Å². The van der Waals surface area contributed by atoms with Crippen LogP contribution in [0.3, 0.4) is 0 Å². The van der Waals surface area contributed by atoms with Crippen molar-refractivity contribution < 1.29 is 17.9 Å². The third-order valence-electron chi connectivity index (χ3n) is 2.76. The van der Waals surface area contributed by atoms with Gasteiger partial charge in [0.1, 0.15) is 5.25 Å². The van der Waals surface area contributed by atoms with E-state index in [0.29, 0.717) is 11.3 Å². The van der Waals surface area contributed by atoms with Crippen LogP contribution >= 0.6 is 0 Å². The number of nitrogens with zero attached hydrogens (tertiary/aromatic N) is 1. The molecule has 0 saturated carbocycles. The van der Waals surface area contributed by atoms with Crippen molar-refractivity contribution in [3.63, 3.8) is 0 Å². The van der Waals surface area contributed by atoms with E-state index >= 15 is 0 Å². The number of nitrogens with one attached hydrogen (secondary N) is 1. The van der Waals surface area contributed by atoms with Crippen molar-refractivity contribution in [2.45, 2.75) is 12.2 Å². The van der Waals surface area contributed by atoms with Crippen LogP contribution in [0, 0.1) is 11.3 Å². The molecule has 20 heavy (non-hydrogen) atoms. The highest BCUT2D eigenvalue weighted by molar-refractivity contribution is 7.92. The highest BCUT2D eigenvalue weighted by Gasteiger charge is 2.27. The Kier molecular flexibility index (Phi) is 5.67. The summed E-state index contributed by atoms with van der Waals surface area (Å²) in [5.74, 6) is -0.809. The lowest BCUT2D eigenvalue weighted by atomic mass is 10.2. The van der Waals surface area contributed by atoms with Gasteiger partial charge in [-0.15, -0.1) is 0 Å². The Morgan fingerprint density at radius 2 is 2.00 bits per heavy atom. The molecule has 1 aromatic rings. The molecular formula is C13H16N2O4S. The number of carbonyl (C=O) groups is 1. The SMILES string of the molecule is COCCS(=O)(=O)C(C)C(=O)Nc1ccc(C#N)cc1. The Hall–Kier alpha value is -1.91. The minimum absolute atomic E-state index is 0.0524. The molecule has 0 aromatic heterocycles. The van der Waals surface area contributed by atoms with Crippen LogP contribution in [0.5, 0.6) is 0 Å². The standard InChI is InChI=1S/C13H16N2O4S/c1-10(20(17,18)8-7-19-2)13(16)15-12-5-3-11(9-14)4-6-12/h3-6,10H,7-8H2,1-2H3,(H,15,16). The van der Waals surface area contributed by atoms with Crippen molar-refractivity contribution in [3.8, 4) is 6.07 Å². The molecule has 0 radical (unpaired) electrons. The maximum atomic E-state index is 11.9. The van der Waals surface area contributed by atoms with Gasteiger partial charge in [0, 0.05) is 12.8 Å². The van der Waals surface area contributed by atoms with Crippen molar-refractivity contribution in [3.05, 3.63) is 29.8 Å². The number of rotatable bonds is 6. The van der Waals surface area contributed by atoms with Crippen LogP contribution in [0.15, 0.2) is 24.3 Å². The summed E-state index contributed by atoms with van der Waals surface area (Å²) in [6.07, 6.45) is 0. The van der Waals surface area contributed by atoms with Crippen LogP contribution in [0.1, 0.15) is 12.5 Å². The fourth-order valence-corrected chi connectivity index (χ4v) is 2.55. The molecule has 0 spiro atoms. The number of hydrogen-bond acceptors (Lipinski definition) is 5. The van der Waals surface area contributed by atoms with Gasteiger partial charge in [-0.1, -0.05) is 0 Å². The highest BCUT2D eigenvalue weighted by Crippen LogP contribution is 2.11. The van der Waals surface area contributed by atoms with E-state index < -0.39 is 21.0 Å². The van der Waals surface area contributed by atoms with E-state index in [1.807, 2.05) is 6.07 Å². The Bertz CT molecular complexity index is 602. The van der Waals surface area contributed by atoms with Gasteiger partial charge in [-0.2, -0.15) is 5.26 Å². The molecule has 0 heterocycles. The Morgan fingerprint density at radius 1 is 1.40 bits per heavy atom. The van der Waals surface area contributed by atoms with E-state index in [0.717, 1.165) is 0 Å². The summed E-state index contributed by atoms with van der Waals surface area (Å²) in [6.45, 7) is 1.39. The average molecular weight is 296 g/mol. The smallest absolute Gasteiger partial charge is 0.242 e. The summed E-state index contributed by atoms with van der Waals surface area (Å²) in [5, 5.41) is 10.0. The lowest BCUT2D eigenvalue weighted by molar-refractivity contribution is -0.115. The first-order valence-electron chi connectivity index (χ1n) is 5.92. The van der Waals surface area contributed by atoms with E-state index in [-0.39, 0.29) is 12.4 Å². The van der Waals surface area contributed by atoms with Gasteiger partial charge in [-0.3, -0.25) is 4.79 Å². The summed E-state index contributed by atoms with van der Waals surface area (Å²) >= 11 is 0. The molecule has 0 aliphatic rings. The van der Waals surface area contributed by atoms with Gasteiger partial charge in [0.05, 0.1) is 24.0 Å². The van der Waals surface area contributed by atoms with Crippen LogP contribution in [0.25, 0.3) is 0 Å². The van der Waals surface area contributed by atoms with E-state index in [9.17, 15) is 13.2 Å². The Morgan fingerprint density at radius 3 is 2.50 bits per heavy atom. The zero-order valence-electron chi connectivity index (χ0n) is 11.3. The maximum absolute atomic E-state index is 11.9. The molecule has 1 N–H and O–H groups in total. The first-order chi connectivity index (χ1) is 9.40. The maximum Gasteiger partial charge on any atom is 0.242 e. The predicted molar refractivity (Wildman–Crippen MR) is 74.9 cm³/mol. The number of ether oxygens (including phenoxy) is 1. The minimum atomic E-state index is -3.54. The lowest BCUT2D eigenvalue weighted by Gasteiger charge is -2.13. The molecule has 1 rings (SSSR count). The van der Waals surface area contributed by atoms with E-state index in [1.165, 1.54) is 14.0 Å². The monoisotopic (exact) mass is 296 g/mol. The second-order valence-electron chi connectivity index (χ2n) is 4.18. The number of benzene rings is 1. The number of carbonyl (C=O) groups excluding carboxylic acids is 1. The van der Waals surface area contributed by atoms with E-state index in [1.54, 1.807) is 24.3 Å². The molecule has 108 valence electrons. The van der Waals surface area contributed by atoms with Gasteiger partial charge in [0.2, 0.25) is 5.91 Å². The van der Waals surface area contributed by atoms with E-state index in [4.69, 9.17) is 10.00 Å². The van der Waals surface area contributed by atoms with Crippen LogP contribution in [-0.2, 0) is 19.4 Å². The summed E-state index contributed by atoms with van der Waals surface area (Å²) in [6, 6.07) is 8.13. The van der Waals surface area contributed by atoms with Gasteiger partial charge in [0.25, 0.3) is 0 Å². The summed E-state index contributed by atoms with van der Waals surface area (Å²) in [5.41, 5.74) is 0.909. The summed E-state index contributed by atoms with van der Waals surface area (Å²) in [4.78, 5) is 11.9. The van der Waals surface area contributed by atoms with Crippen LogP contribution in [-0.4, -0.2) is 39.0 Å². The minimum Gasteiger partial charge on any atom is -0.384 e. The molecular weight excluding hydrogens is 280 g/mol. The quantitative estimate of drug-likeness (QED) is 0.843. The zero-order chi connectivity index (χ0) is 15.2. The number of hydrogen-bond donors (Lipinski definition) is 1. The largest absolute Gasteiger partial charge is 0.384 e. The Balaban J connectivity index is 2.72. The zero-order valence-corrected chi connectivity index (χ0v) is 12.1. The number of methoxy groups -OCH3 is 1. The topological polar surface area (TPSA) is 96.3 Å². The Labute approximate surface area is 118 Å². The van der Waals surface area contributed by atoms with Crippen LogP contribution in [0.4, 0.5) is 5.69 Å². The second-order valence-corrected chi connectivity index (χ2v) is 6.62. The summed E-state index contributed by atoms with van der Waals surface area (Å²) < 4.78 is 28.4. The first kappa shape index (κ1) is 16.1. The van der Waals surface area contributed by atoms with Crippen molar-refractivity contribution in [1.82, 2.24) is 0 Å². The number of sulfone groups is 1. The lowest BCUT2D eigenvalue weighted by Crippen LogP contribution is -2.35. The molecule has 0 aliphatic heterocycles. The van der Waals surface area contributed by atoms with Gasteiger partial charge in [-0.05, 0) is 31.2 Å². The number of nitriles is 1. The number of amides is 1. The van der Waals surface area contributed by atoms with Gasteiger partial charge < -0.3 is 10.1 Å². The molecule has 1 atom stereocenters. The average Bonchev–Trinajstić information content (AvgIpc) is 2.45. The fourth-order valence-electron chi connectivity index (χ4n) is 1.41. The molecule has 1 aromatic carbocycles. The fraction of sp³-hybridized carbons (Fsp3) is 0.385. The molecule has 1 amide bonds. The van der Waals surface area contributed by atoms with Crippen molar-refractivity contribution in [1.29, 1.82) is 5.26 Å². The second kappa shape index (κ2) is 7.03. The highest BCUT2D eigenvalue weighted by atomic mass is 32.2. The molecule has 0 bridgehead atoms. The molecule has 1 unspecified atom stereocenters. The number of anilines is 1. The molecule has 7 heteroatoms. The van der Waals surface area contributed by atoms with Crippen LogP contribution < -0.4 is 5.32 Å². The van der Waals surface area contributed by atoms with Gasteiger partial charge in [-0.25, -0.2) is 8.42 Å². The molecule has 6 nitrogen and oxygen atoms in total. The van der Waals surface area contributed by atoms with Crippen molar-refractivity contribution >= 4 is 21.4 Å². The van der Waals surface area contributed by atoms with Gasteiger partial charge >= 0.3 is 0 Å². The first-order valence-corrected chi connectivity index (χ1v) is 7.64. The third kappa shape index (κ3) is 4.33. The normalized spacial score (nSPS) is 12.4. The summed E-state index contributed by atoms with van der Waals surface area (Å²) in [7, 11) is -2.14. The molecule has 0 saturated heterocycles. The third-order valence-corrected chi connectivity index (χ3v) is 4.79. The van der Waals surface area contributed by atoms with Gasteiger partial charge in [0.15, 0.2) is 9.84 Å². The molecule has 0 fully saturated rings. The van der Waals surface area contributed by atoms with E-state index in [2.05, 4.69) is 5.32 Å². The predicted octanol–water partition coefficient (Wildman–Crippen LogP) is 0.946. The van der Waals surface area contributed by atoms with Crippen molar-refractivity contribution in [2.24, 2.45) is 0 Å².